The second kappa shape index (κ2) is 8.27. The van der Waals surface area contributed by atoms with Crippen LogP contribution in [-0.2, 0) is 11.2 Å². The molecule has 3 rings (SSSR count). The van der Waals surface area contributed by atoms with Gasteiger partial charge in [-0.3, -0.25) is 4.79 Å². The maximum Gasteiger partial charge on any atom is 0.303 e. The molecule has 4 nitrogen and oxygen atoms in total. The Morgan fingerprint density at radius 2 is 1.74 bits per heavy atom. The van der Waals surface area contributed by atoms with Crippen LogP contribution in [0, 0.1) is 0 Å². The van der Waals surface area contributed by atoms with E-state index in [9.17, 15) is 4.79 Å². The topological polar surface area (TPSA) is 55.8 Å². The van der Waals surface area contributed by atoms with E-state index in [2.05, 4.69) is 36.9 Å². The molecule has 1 heterocycles. The van der Waals surface area contributed by atoms with Crippen molar-refractivity contribution in [3.8, 4) is 11.5 Å². The molecular formula is C22H22O4S. The average Bonchev–Trinajstić information content (AvgIpc) is 3.14. The minimum absolute atomic E-state index is 0.199. The minimum Gasteiger partial charge on any atom is -0.493 e. The summed E-state index contributed by atoms with van der Waals surface area (Å²) in [5.41, 5.74) is 2.01. The van der Waals surface area contributed by atoms with Gasteiger partial charge in [-0.1, -0.05) is 18.7 Å². The molecule has 140 valence electrons. The van der Waals surface area contributed by atoms with Crippen molar-refractivity contribution < 1.29 is 19.4 Å². The van der Waals surface area contributed by atoms with Crippen molar-refractivity contribution in [3.63, 3.8) is 0 Å². The Morgan fingerprint density at radius 1 is 1.04 bits per heavy atom. The fraction of sp³-hybridized carbons (Fsp3) is 0.227. The van der Waals surface area contributed by atoms with Gasteiger partial charge < -0.3 is 14.6 Å². The molecule has 0 bridgehead atoms. The Kier molecular flexibility index (Phi) is 5.81. The molecule has 1 aromatic heterocycles. The van der Waals surface area contributed by atoms with Crippen LogP contribution in [-0.4, -0.2) is 25.3 Å². The fourth-order valence-electron chi connectivity index (χ4n) is 2.99. The number of carbonyl (C=O) groups is 1. The SMILES string of the molecule is C=C(c1ccc2cc(OC)c(OC)cc2c1)c1ccc(CCCC(=O)O)s1. The maximum absolute atomic E-state index is 10.7. The summed E-state index contributed by atoms with van der Waals surface area (Å²) in [6, 6.07) is 14.3. The van der Waals surface area contributed by atoms with Gasteiger partial charge in [0.1, 0.15) is 0 Å². The standard InChI is InChI=1S/C22H22O4S/c1-14(21-10-9-18(27-21)5-4-6-22(23)24)15-7-8-16-12-19(25-2)20(26-3)13-17(16)11-15/h7-13H,1,4-6H2,2-3H3,(H,23,24). The summed E-state index contributed by atoms with van der Waals surface area (Å²) in [6.45, 7) is 4.26. The molecule has 0 amide bonds. The monoisotopic (exact) mass is 382 g/mol. The number of thiophene rings is 1. The molecular weight excluding hydrogens is 360 g/mol. The van der Waals surface area contributed by atoms with E-state index in [-0.39, 0.29) is 6.42 Å². The summed E-state index contributed by atoms with van der Waals surface area (Å²) >= 11 is 1.67. The van der Waals surface area contributed by atoms with Gasteiger partial charge in [0.05, 0.1) is 14.2 Å². The molecule has 2 aromatic carbocycles. The van der Waals surface area contributed by atoms with Gasteiger partial charge in [0, 0.05) is 16.2 Å². The largest absolute Gasteiger partial charge is 0.493 e. The van der Waals surface area contributed by atoms with Crippen molar-refractivity contribution in [3.05, 3.63) is 64.4 Å². The van der Waals surface area contributed by atoms with Gasteiger partial charge in [-0.2, -0.15) is 0 Å². The number of hydrogen-bond acceptors (Lipinski definition) is 4. The number of carboxylic acids is 1. The van der Waals surface area contributed by atoms with Crippen molar-refractivity contribution >= 4 is 33.7 Å². The van der Waals surface area contributed by atoms with Crippen LogP contribution in [0.5, 0.6) is 11.5 Å². The summed E-state index contributed by atoms with van der Waals surface area (Å²) in [4.78, 5) is 12.9. The molecule has 0 spiro atoms. The number of ether oxygens (including phenoxy) is 2. The number of benzene rings is 2. The molecule has 0 unspecified atom stereocenters. The number of hydrogen-bond donors (Lipinski definition) is 1. The Hall–Kier alpha value is -2.79. The summed E-state index contributed by atoms with van der Waals surface area (Å²) < 4.78 is 10.8. The maximum atomic E-state index is 10.7. The number of aliphatic carboxylic acids is 1. The van der Waals surface area contributed by atoms with Gasteiger partial charge >= 0.3 is 5.97 Å². The zero-order chi connectivity index (χ0) is 19.4. The van der Waals surface area contributed by atoms with E-state index in [4.69, 9.17) is 14.6 Å². The Bertz CT molecular complexity index is 987. The second-order valence-corrected chi connectivity index (χ2v) is 7.43. The number of methoxy groups -OCH3 is 2. The summed E-state index contributed by atoms with van der Waals surface area (Å²) in [6.07, 6.45) is 1.63. The van der Waals surface area contributed by atoms with Gasteiger partial charge in [-0.05, 0) is 65.1 Å². The van der Waals surface area contributed by atoms with Crippen LogP contribution in [0.4, 0.5) is 0 Å². The Balaban J connectivity index is 1.83. The first-order valence-electron chi connectivity index (χ1n) is 8.67. The first-order chi connectivity index (χ1) is 13.0. The first-order valence-corrected chi connectivity index (χ1v) is 9.49. The molecule has 27 heavy (non-hydrogen) atoms. The fourth-order valence-corrected chi connectivity index (χ4v) is 4.04. The van der Waals surface area contributed by atoms with Crippen molar-refractivity contribution in [1.29, 1.82) is 0 Å². The molecule has 0 radical (unpaired) electrons. The van der Waals surface area contributed by atoms with Gasteiger partial charge in [-0.15, -0.1) is 11.3 Å². The Labute approximate surface area is 162 Å². The van der Waals surface area contributed by atoms with Crippen LogP contribution in [0.3, 0.4) is 0 Å². The normalized spacial score (nSPS) is 10.7. The molecule has 0 saturated heterocycles. The summed E-state index contributed by atoms with van der Waals surface area (Å²) in [7, 11) is 3.26. The van der Waals surface area contributed by atoms with Gasteiger partial charge in [0.25, 0.3) is 0 Å². The van der Waals surface area contributed by atoms with Crippen LogP contribution in [0.15, 0.2) is 49.0 Å². The van der Waals surface area contributed by atoms with Crippen LogP contribution in [0.2, 0.25) is 0 Å². The predicted octanol–water partition coefficient (Wildman–Crippen LogP) is 5.39. The lowest BCUT2D eigenvalue weighted by molar-refractivity contribution is -0.137. The van der Waals surface area contributed by atoms with E-state index in [1.54, 1.807) is 25.6 Å². The summed E-state index contributed by atoms with van der Waals surface area (Å²) in [5, 5.41) is 10.9. The molecule has 3 aromatic rings. The van der Waals surface area contributed by atoms with E-state index in [1.165, 1.54) is 4.88 Å². The highest BCUT2D eigenvalue weighted by molar-refractivity contribution is 7.13. The summed E-state index contributed by atoms with van der Waals surface area (Å²) in [5.74, 6) is 0.657. The molecule has 0 aliphatic heterocycles. The molecule has 0 fully saturated rings. The van der Waals surface area contributed by atoms with Crippen LogP contribution < -0.4 is 9.47 Å². The van der Waals surface area contributed by atoms with E-state index in [0.29, 0.717) is 17.9 Å². The molecule has 0 atom stereocenters. The number of carboxylic acid groups (broad SMARTS) is 1. The van der Waals surface area contributed by atoms with Gasteiger partial charge in [-0.25, -0.2) is 0 Å². The van der Waals surface area contributed by atoms with Crippen molar-refractivity contribution in [1.82, 2.24) is 0 Å². The van der Waals surface area contributed by atoms with E-state index in [0.717, 1.165) is 33.2 Å². The van der Waals surface area contributed by atoms with Crippen molar-refractivity contribution in [2.75, 3.05) is 14.2 Å². The van der Waals surface area contributed by atoms with E-state index < -0.39 is 5.97 Å². The van der Waals surface area contributed by atoms with Crippen LogP contribution >= 0.6 is 11.3 Å². The number of fused-ring (bicyclic) bond motifs is 1. The zero-order valence-corrected chi connectivity index (χ0v) is 16.3. The first kappa shape index (κ1) is 19.0. The minimum atomic E-state index is -0.751. The molecule has 0 aliphatic rings. The lowest BCUT2D eigenvalue weighted by Gasteiger charge is -2.11. The highest BCUT2D eigenvalue weighted by Gasteiger charge is 2.10. The lowest BCUT2D eigenvalue weighted by atomic mass is 10.0. The Morgan fingerprint density at radius 3 is 2.41 bits per heavy atom. The quantitative estimate of drug-likeness (QED) is 0.568. The molecule has 1 N–H and O–H groups in total. The van der Waals surface area contributed by atoms with Crippen molar-refractivity contribution in [2.24, 2.45) is 0 Å². The zero-order valence-electron chi connectivity index (χ0n) is 15.5. The third kappa shape index (κ3) is 4.31. The van der Waals surface area contributed by atoms with Gasteiger partial charge in [0.2, 0.25) is 0 Å². The molecule has 0 saturated carbocycles. The number of aryl methyl sites for hydroxylation is 1. The van der Waals surface area contributed by atoms with Crippen LogP contribution in [0.25, 0.3) is 16.3 Å². The third-order valence-electron chi connectivity index (χ3n) is 4.46. The predicted molar refractivity (Wildman–Crippen MR) is 110 cm³/mol. The van der Waals surface area contributed by atoms with E-state index >= 15 is 0 Å². The van der Waals surface area contributed by atoms with Gasteiger partial charge in [0.15, 0.2) is 11.5 Å². The highest BCUT2D eigenvalue weighted by atomic mass is 32.1. The average molecular weight is 382 g/mol. The van der Waals surface area contributed by atoms with E-state index in [1.807, 2.05) is 12.1 Å². The smallest absolute Gasteiger partial charge is 0.303 e. The van der Waals surface area contributed by atoms with Crippen LogP contribution in [0.1, 0.15) is 28.2 Å². The molecule has 5 heteroatoms. The number of rotatable bonds is 8. The second-order valence-electron chi connectivity index (χ2n) is 6.26. The third-order valence-corrected chi connectivity index (χ3v) is 5.67. The highest BCUT2D eigenvalue weighted by Crippen LogP contribution is 2.35. The van der Waals surface area contributed by atoms with Crippen molar-refractivity contribution in [2.45, 2.75) is 19.3 Å². The molecule has 0 aliphatic carbocycles. The lowest BCUT2D eigenvalue weighted by Crippen LogP contribution is -1.94.